The molecule has 2 heterocycles. The Balaban J connectivity index is 1.68. The molecule has 1 atom stereocenters. The van der Waals surface area contributed by atoms with E-state index in [1.54, 1.807) is 0 Å². The van der Waals surface area contributed by atoms with Crippen LogP contribution in [0.5, 0.6) is 0 Å². The number of fused-ring (bicyclic) bond motifs is 1. The Kier molecular flexibility index (Phi) is 3.92. The third kappa shape index (κ3) is 2.66. The SMILES string of the molecule is CN1CCCC1CNC(=O)c1cccc2c1NCCC2. The second-order valence-corrected chi connectivity index (χ2v) is 5.86. The van der Waals surface area contributed by atoms with Crippen molar-refractivity contribution in [1.29, 1.82) is 0 Å². The highest BCUT2D eigenvalue weighted by atomic mass is 16.1. The molecular formula is C16H23N3O. The van der Waals surface area contributed by atoms with Crippen LogP contribution in [0.25, 0.3) is 0 Å². The third-order valence-electron chi connectivity index (χ3n) is 4.49. The molecule has 20 heavy (non-hydrogen) atoms. The van der Waals surface area contributed by atoms with Gasteiger partial charge in [-0.25, -0.2) is 0 Å². The standard InChI is InChI=1S/C16H23N3O/c1-19-10-4-7-13(19)11-18-16(20)14-8-2-5-12-6-3-9-17-15(12)14/h2,5,8,13,17H,3-4,6-7,9-11H2,1H3,(H,18,20). The molecule has 0 saturated carbocycles. The number of hydrogen-bond acceptors (Lipinski definition) is 3. The van der Waals surface area contributed by atoms with E-state index in [0.717, 1.165) is 43.7 Å². The fourth-order valence-corrected chi connectivity index (χ4v) is 3.24. The fraction of sp³-hybridized carbons (Fsp3) is 0.562. The summed E-state index contributed by atoms with van der Waals surface area (Å²) in [5.74, 6) is 0.0524. The van der Waals surface area contributed by atoms with Crippen molar-refractivity contribution in [1.82, 2.24) is 10.2 Å². The molecule has 2 N–H and O–H groups in total. The lowest BCUT2D eigenvalue weighted by Crippen LogP contribution is -2.38. The number of carbonyl (C=O) groups excluding carboxylic acids is 1. The monoisotopic (exact) mass is 273 g/mol. The Morgan fingerprint density at radius 2 is 2.35 bits per heavy atom. The zero-order chi connectivity index (χ0) is 13.9. The molecule has 3 rings (SSSR count). The Morgan fingerprint density at radius 1 is 1.45 bits per heavy atom. The van der Waals surface area contributed by atoms with Gasteiger partial charge in [-0.05, 0) is 50.9 Å². The molecule has 108 valence electrons. The summed E-state index contributed by atoms with van der Waals surface area (Å²) in [4.78, 5) is 14.7. The Bertz CT molecular complexity index is 500. The minimum Gasteiger partial charge on any atom is -0.384 e. The Hall–Kier alpha value is -1.55. The first-order chi connectivity index (χ1) is 9.75. The van der Waals surface area contributed by atoms with Crippen LogP contribution in [0.1, 0.15) is 35.2 Å². The second-order valence-electron chi connectivity index (χ2n) is 5.86. The van der Waals surface area contributed by atoms with Gasteiger partial charge in [0.25, 0.3) is 5.91 Å². The van der Waals surface area contributed by atoms with Crippen molar-refractivity contribution >= 4 is 11.6 Å². The van der Waals surface area contributed by atoms with E-state index in [1.165, 1.54) is 18.4 Å². The van der Waals surface area contributed by atoms with Crippen LogP contribution in [-0.4, -0.2) is 43.5 Å². The maximum atomic E-state index is 12.4. The van der Waals surface area contributed by atoms with Crippen LogP contribution < -0.4 is 10.6 Å². The Labute approximate surface area is 120 Å². The summed E-state index contributed by atoms with van der Waals surface area (Å²) >= 11 is 0. The van der Waals surface area contributed by atoms with Crippen LogP contribution in [0.2, 0.25) is 0 Å². The lowest BCUT2D eigenvalue weighted by atomic mass is 9.99. The number of rotatable bonds is 3. The Morgan fingerprint density at radius 3 is 3.15 bits per heavy atom. The highest BCUT2D eigenvalue weighted by Crippen LogP contribution is 2.26. The molecule has 1 saturated heterocycles. The summed E-state index contributed by atoms with van der Waals surface area (Å²) < 4.78 is 0. The van der Waals surface area contributed by atoms with Gasteiger partial charge < -0.3 is 15.5 Å². The van der Waals surface area contributed by atoms with Crippen LogP contribution in [0.3, 0.4) is 0 Å². The highest BCUT2D eigenvalue weighted by Gasteiger charge is 2.22. The largest absolute Gasteiger partial charge is 0.384 e. The molecule has 0 aliphatic carbocycles. The number of amides is 1. The van der Waals surface area contributed by atoms with Gasteiger partial charge in [-0.3, -0.25) is 4.79 Å². The minimum atomic E-state index is 0.0524. The summed E-state index contributed by atoms with van der Waals surface area (Å²) in [6.07, 6.45) is 4.63. The van der Waals surface area contributed by atoms with Crippen molar-refractivity contribution in [3.63, 3.8) is 0 Å². The average molecular weight is 273 g/mol. The molecular weight excluding hydrogens is 250 g/mol. The molecule has 4 nitrogen and oxygen atoms in total. The number of para-hydroxylation sites is 1. The van der Waals surface area contributed by atoms with Crippen LogP contribution in [-0.2, 0) is 6.42 Å². The number of benzene rings is 1. The van der Waals surface area contributed by atoms with Gasteiger partial charge in [0.2, 0.25) is 0 Å². The zero-order valence-corrected chi connectivity index (χ0v) is 12.1. The van der Waals surface area contributed by atoms with E-state index in [2.05, 4.69) is 28.6 Å². The quantitative estimate of drug-likeness (QED) is 0.883. The van der Waals surface area contributed by atoms with E-state index in [4.69, 9.17) is 0 Å². The number of likely N-dealkylation sites (tertiary alicyclic amines) is 1. The van der Waals surface area contributed by atoms with Crippen molar-refractivity contribution in [3.05, 3.63) is 29.3 Å². The number of nitrogens with one attached hydrogen (secondary N) is 2. The van der Waals surface area contributed by atoms with E-state index < -0.39 is 0 Å². The van der Waals surface area contributed by atoms with Crippen LogP contribution in [0, 0.1) is 0 Å². The topological polar surface area (TPSA) is 44.4 Å². The van der Waals surface area contributed by atoms with Gasteiger partial charge in [0.1, 0.15) is 0 Å². The maximum Gasteiger partial charge on any atom is 0.253 e. The lowest BCUT2D eigenvalue weighted by Gasteiger charge is -2.22. The predicted octanol–water partition coefficient (Wildman–Crippen LogP) is 1.87. The number of likely N-dealkylation sites (N-methyl/N-ethyl adjacent to an activating group) is 1. The van der Waals surface area contributed by atoms with Crippen molar-refractivity contribution in [2.24, 2.45) is 0 Å². The molecule has 1 amide bonds. The summed E-state index contributed by atoms with van der Waals surface area (Å²) in [7, 11) is 2.13. The molecule has 0 bridgehead atoms. The van der Waals surface area contributed by atoms with Crippen molar-refractivity contribution in [2.75, 3.05) is 32.0 Å². The predicted molar refractivity (Wildman–Crippen MR) is 81.2 cm³/mol. The summed E-state index contributed by atoms with van der Waals surface area (Å²) in [6.45, 7) is 2.85. The molecule has 0 aromatic heterocycles. The first-order valence-electron chi connectivity index (χ1n) is 7.60. The number of aryl methyl sites for hydroxylation is 1. The molecule has 0 radical (unpaired) electrons. The second kappa shape index (κ2) is 5.83. The number of carbonyl (C=O) groups is 1. The van der Waals surface area contributed by atoms with E-state index in [0.29, 0.717) is 6.04 Å². The van der Waals surface area contributed by atoms with Crippen molar-refractivity contribution < 1.29 is 4.79 Å². The van der Waals surface area contributed by atoms with Crippen molar-refractivity contribution in [2.45, 2.75) is 31.7 Å². The van der Waals surface area contributed by atoms with Gasteiger partial charge >= 0.3 is 0 Å². The number of anilines is 1. The smallest absolute Gasteiger partial charge is 0.253 e. The lowest BCUT2D eigenvalue weighted by molar-refractivity contribution is 0.0944. The minimum absolute atomic E-state index is 0.0524. The molecule has 1 aromatic carbocycles. The van der Waals surface area contributed by atoms with Crippen molar-refractivity contribution in [3.8, 4) is 0 Å². The van der Waals surface area contributed by atoms with E-state index in [1.807, 2.05) is 12.1 Å². The van der Waals surface area contributed by atoms with Gasteiger partial charge in [0, 0.05) is 19.1 Å². The van der Waals surface area contributed by atoms with Gasteiger partial charge in [-0.2, -0.15) is 0 Å². The third-order valence-corrected chi connectivity index (χ3v) is 4.49. The fourth-order valence-electron chi connectivity index (χ4n) is 3.24. The average Bonchev–Trinajstić information content (AvgIpc) is 2.89. The van der Waals surface area contributed by atoms with Gasteiger partial charge in [0.15, 0.2) is 0 Å². The van der Waals surface area contributed by atoms with E-state index in [9.17, 15) is 4.79 Å². The zero-order valence-electron chi connectivity index (χ0n) is 12.1. The molecule has 2 aliphatic heterocycles. The van der Waals surface area contributed by atoms with Gasteiger partial charge in [-0.15, -0.1) is 0 Å². The summed E-state index contributed by atoms with van der Waals surface area (Å²) in [5, 5.41) is 6.48. The molecule has 0 spiro atoms. The molecule has 2 aliphatic rings. The molecule has 1 fully saturated rings. The normalized spacial score (nSPS) is 22.1. The number of nitrogens with zero attached hydrogens (tertiary/aromatic N) is 1. The van der Waals surface area contributed by atoms with E-state index in [-0.39, 0.29) is 5.91 Å². The van der Waals surface area contributed by atoms with E-state index >= 15 is 0 Å². The summed E-state index contributed by atoms with van der Waals surface area (Å²) in [6, 6.07) is 6.52. The first kappa shape index (κ1) is 13.4. The van der Waals surface area contributed by atoms with Gasteiger partial charge in [0.05, 0.1) is 11.3 Å². The molecule has 1 unspecified atom stereocenters. The molecule has 1 aromatic rings. The highest BCUT2D eigenvalue weighted by molar-refractivity contribution is 6.00. The van der Waals surface area contributed by atoms with Gasteiger partial charge in [-0.1, -0.05) is 12.1 Å². The maximum absolute atomic E-state index is 12.4. The van der Waals surface area contributed by atoms with Crippen LogP contribution in [0.15, 0.2) is 18.2 Å². The number of hydrogen-bond donors (Lipinski definition) is 2. The van der Waals surface area contributed by atoms with Crippen LogP contribution >= 0.6 is 0 Å². The van der Waals surface area contributed by atoms with Crippen LogP contribution in [0.4, 0.5) is 5.69 Å². The summed E-state index contributed by atoms with van der Waals surface area (Å²) in [5.41, 5.74) is 3.10. The molecule has 4 heteroatoms. The first-order valence-corrected chi connectivity index (χ1v) is 7.60.